The van der Waals surface area contributed by atoms with Gasteiger partial charge in [-0.25, -0.2) is 4.68 Å². The van der Waals surface area contributed by atoms with Crippen molar-refractivity contribution in [2.75, 3.05) is 0 Å². The second kappa shape index (κ2) is 5.91. The first-order valence-electron chi connectivity index (χ1n) is 7.04. The Labute approximate surface area is 114 Å². The molecule has 0 bridgehead atoms. The highest BCUT2D eigenvalue weighted by Crippen LogP contribution is 2.27. The normalized spacial score (nSPS) is 10.9. The van der Waals surface area contributed by atoms with Crippen molar-refractivity contribution in [3.05, 3.63) is 41.1 Å². The van der Waals surface area contributed by atoms with Crippen molar-refractivity contribution >= 4 is 0 Å². The Morgan fingerprint density at radius 1 is 1.26 bits per heavy atom. The summed E-state index contributed by atoms with van der Waals surface area (Å²) in [6, 6.07) is 8.05. The van der Waals surface area contributed by atoms with Crippen molar-refractivity contribution in [1.29, 1.82) is 0 Å². The molecule has 0 unspecified atom stereocenters. The van der Waals surface area contributed by atoms with Gasteiger partial charge in [-0.15, -0.1) is 0 Å². The van der Waals surface area contributed by atoms with Crippen molar-refractivity contribution in [1.82, 2.24) is 9.78 Å². The van der Waals surface area contributed by atoms with Gasteiger partial charge in [0.2, 0.25) is 5.88 Å². The fourth-order valence-corrected chi connectivity index (χ4v) is 2.32. The number of aromatic hydroxyl groups is 1. The van der Waals surface area contributed by atoms with Gasteiger partial charge in [0.15, 0.2) is 0 Å². The first-order chi connectivity index (χ1) is 9.17. The summed E-state index contributed by atoms with van der Waals surface area (Å²) in [4.78, 5) is 0. The van der Waals surface area contributed by atoms with Crippen LogP contribution < -0.4 is 0 Å². The molecular weight excluding hydrogens is 236 g/mol. The Kier molecular flexibility index (Phi) is 4.25. The molecule has 3 heteroatoms. The lowest BCUT2D eigenvalue weighted by Gasteiger charge is -2.04. The minimum Gasteiger partial charge on any atom is -0.493 e. The van der Waals surface area contributed by atoms with E-state index in [9.17, 15) is 5.11 Å². The second-order valence-corrected chi connectivity index (χ2v) is 4.96. The van der Waals surface area contributed by atoms with Crippen LogP contribution in [0.4, 0.5) is 0 Å². The summed E-state index contributed by atoms with van der Waals surface area (Å²) in [6.07, 6.45) is 3.96. The molecule has 1 aromatic heterocycles. The molecule has 0 amide bonds. The maximum absolute atomic E-state index is 10.4. The van der Waals surface area contributed by atoms with E-state index in [2.05, 4.69) is 18.9 Å². The van der Waals surface area contributed by atoms with Crippen molar-refractivity contribution in [2.24, 2.45) is 0 Å². The van der Waals surface area contributed by atoms with Gasteiger partial charge in [0.1, 0.15) is 0 Å². The number of aryl methyl sites for hydroxylation is 2. The maximum Gasteiger partial charge on any atom is 0.217 e. The van der Waals surface area contributed by atoms with E-state index in [-0.39, 0.29) is 0 Å². The molecule has 102 valence electrons. The molecule has 0 saturated heterocycles. The molecular formula is C16H22N2O. The van der Waals surface area contributed by atoms with E-state index in [0.29, 0.717) is 5.88 Å². The van der Waals surface area contributed by atoms with E-state index in [4.69, 9.17) is 0 Å². The van der Waals surface area contributed by atoms with Crippen LogP contribution >= 0.6 is 0 Å². The SMILES string of the molecule is CCCCc1c(CC)nn(-c2cccc(C)c2)c1O. The number of hydrogen-bond acceptors (Lipinski definition) is 2. The third-order valence-electron chi connectivity index (χ3n) is 3.40. The lowest BCUT2D eigenvalue weighted by molar-refractivity contribution is 0.427. The molecule has 0 radical (unpaired) electrons. The summed E-state index contributed by atoms with van der Waals surface area (Å²) in [5.41, 5.74) is 4.11. The van der Waals surface area contributed by atoms with E-state index < -0.39 is 0 Å². The molecule has 0 saturated carbocycles. The lowest BCUT2D eigenvalue weighted by Crippen LogP contribution is -1.96. The molecule has 3 nitrogen and oxygen atoms in total. The van der Waals surface area contributed by atoms with Crippen LogP contribution in [-0.4, -0.2) is 14.9 Å². The number of benzene rings is 1. The second-order valence-electron chi connectivity index (χ2n) is 4.96. The van der Waals surface area contributed by atoms with Crippen molar-refractivity contribution < 1.29 is 5.11 Å². The Morgan fingerprint density at radius 2 is 2.05 bits per heavy atom. The number of unbranched alkanes of at least 4 members (excludes halogenated alkanes) is 1. The van der Waals surface area contributed by atoms with Gasteiger partial charge >= 0.3 is 0 Å². The quantitative estimate of drug-likeness (QED) is 0.886. The van der Waals surface area contributed by atoms with Crippen LogP contribution in [-0.2, 0) is 12.8 Å². The lowest BCUT2D eigenvalue weighted by atomic mass is 10.1. The molecule has 1 aromatic carbocycles. The van der Waals surface area contributed by atoms with Crippen molar-refractivity contribution in [2.45, 2.75) is 46.5 Å². The molecule has 2 aromatic rings. The van der Waals surface area contributed by atoms with Gasteiger partial charge in [-0.1, -0.05) is 32.4 Å². The average molecular weight is 258 g/mol. The van der Waals surface area contributed by atoms with Gasteiger partial charge in [-0.3, -0.25) is 0 Å². The van der Waals surface area contributed by atoms with Gasteiger partial charge in [0, 0.05) is 5.56 Å². The van der Waals surface area contributed by atoms with Gasteiger partial charge in [0.25, 0.3) is 0 Å². The van der Waals surface area contributed by atoms with Crippen LogP contribution in [0.3, 0.4) is 0 Å². The van der Waals surface area contributed by atoms with E-state index in [0.717, 1.165) is 42.6 Å². The van der Waals surface area contributed by atoms with E-state index >= 15 is 0 Å². The topological polar surface area (TPSA) is 38.0 Å². The van der Waals surface area contributed by atoms with E-state index in [1.807, 2.05) is 31.2 Å². The van der Waals surface area contributed by atoms with E-state index in [1.54, 1.807) is 4.68 Å². The number of aromatic nitrogens is 2. The maximum atomic E-state index is 10.4. The Hall–Kier alpha value is -1.77. The van der Waals surface area contributed by atoms with Crippen LogP contribution in [0.15, 0.2) is 24.3 Å². The Morgan fingerprint density at radius 3 is 2.68 bits per heavy atom. The molecule has 0 atom stereocenters. The molecule has 2 rings (SSSR count). The van der Waals surface area contributed by atoms with Crippen LogP contribution in [0.5, 0.6) is 5.88 Å². The highest BCUT2D eigenvalue weighted by Gasteiger charge is 2.16. The minimum atomic E-state index is 0.302. The molecule has 0 aliphatic rings. The summed E-state index contributed by atoms with van der Waals surface area (Å²) in [5.74, 6) is 0.302. The summed E-state index contributed by atoms with van der Waals surface area (Å²) in [5, 5.41) is 15.0. The first kappa shape index (κ1) is 13.7. The van der Waals surface area contributed by atoms with Gasteiger partial charge < -0.3 is 5.11 Å². The van der Waals surface area contributed by atoms with Crippen molar-refractivity contribution in [3.63, 3.8) is 0 Å². The average Bonchev–Trinajstić information content (AvgIpc) is 2.73. The zero-order valence-electron chi connectivity index (χ0n) is 12.0. The Bertz CT molecular complexity index is 558. The van der Waals surface area contributed by atoms with Gasteiger partial charge in [-0.05, 0) is 43.9 Å². The highest BCUT2D eigenvalue weighted by atomic mass is 16.3. The smallest absolute Gasteiger partial charge is 0.217 e. The number of rotatable bonds is 5. The van der Waals surface area contributed by atoms with Crippen LogP contribution in [0, 0.1) is 6.92 Å². The summed E-state index contributed by atoms with van der Waals surface area (Å²) in [6.45, 7) is 6.29. The van der Waals surface area contributed by atoms with Gasteiger partial charge in [-0.2, -0.15) is 5.10 Å². The fourth-order valence-electron chi connectivity index (χ4n) is 2.32. The number of nitrogens with zero attached hydrogens (tertiary/aromatic N) is 2. The Balaban J connectivity index is 2.44. The summed E-state index contributed by atoms with van der Waals surface area (Å²) in [7, 11) is 0. The number of hydrogen-bond donors (Lipinski definition) is 1. The molecule has 1 N–H and O–H groups in total. The minimum absolute atomic E-state index is 0.302. The van der Waals surface area contributed by atoms with Crippen LogP contribution in [0.2, 0.25) is 0 Å². The molecule has 19 heavy (non-hydrogen) atoms. The molecule has 0 aliphatic carbocycles. The zero-order chi connectivity index (χ0) is 13.8. The molecule has 0 fully saturated rings. The monoisotopic (exact) mass is 258 g/mol. The highest BCUT2D eigenvalue weighted by molar-refractivity contribution is 5.42. The summed E-state index contributed by atoms with van der Waals surface area (Å²) >= 11 is 0. The standard InChI is InChI=1S/C16H22N2O/c1-4-6-10-14-15(5-2)17-18(16(14)19)13-9-7-8-12(3)11-13/h7-9,11,19H,4-6,10H2,1-3H3. The third kappa shape index (κ3) is 2.80. The van der Waals surface area contributed by atoms with Gasteiger partial charge in [0.05, 0.1) is 11.4 Å². The summed E-state index contributed by atoms with van der Waals surface area (Å²) < 4.78 is 1.66. The molecule has 0 aliphatic heterocycles. The first-order valence-corrected chi connectivity index (χ1v) is 7.04. The molecule has 0 spiro atoms. The van der Waals surface area contributed by atoms with Crippen molar-refractivity contribution in [3.8, 4) is 11.6 Å². The van der Waals surface area contributed by atoms with Crippen LogP contribution in [0.25, 0.3) is 5.69 Å². The third-order valence-corrected chi connectivity index (χ3v) is 3.40. The predicted molar refractivity (Wildman–Crippen MR) is 78.0 cm³/mol. The van der Waals surface area contributed by atoms with E-state index in [1.165, 1.54) is 5.56 Å². The fraction of sp³-hybridized carbons (Fsp3) is 0.438. The zero-order valence-corrected chi connectivity index (χ0v) is 12.0. The molecule has 1 heterocycles. The predicted octanol–water partition coefficient (Wildman–Crippen LogP) is 3.79. The largest absolute Gasteiger partial charge is 0.493 e. The van der Waals surface area contributed by atoms with Crippen LogP contribution in [0.1, 0.15) is 43.5 Å².